The summed E-state index contributed by atoms with van der Waals surface area (Å²) in [5, 5.41) is 15.1. The summed E-state index contributed by atoms with van der Waals surface area (Å²) in [4.78, 5) is 11.4. The van der Waals surface area contributed by atoms with Crippen LogP contribution in [0.2, 0.25) is 0 Å². The third-order valence-corrected chi connectivity index (χ3v) is 3.26. The van der Waals surface area contributed by atoms with E-state index in [9.17, 15) is 4.79 Å². The van der Waals surface area contributed by atoms with Crippen LogP contribution in [-0.4, -0.2) is 26.1 Å². The largest absolute Gasteiger partial charge is 0.495 e. The second-order valence-corrected chi connectivity index (χ2v) is 4.89. The maximum Gasteiger partial charge on any atom is 0.223 e. The number of amides is 1. The molecule has 5 nitrogen and oxygen atoms in total. The molecule has 20 heavy (non-hydrogen) atoms. The van der Waals surface area contributed by atoms with E-state index in [1.54, 1.807) is 13.2 Å². The Morgan fingerprint density at radius 2 is 2.25 bits per heavy atom. The molecule has 0 unspecified atom stereocenters. The normalized spacial score (nSPS) is 13.6. The van der Waals surface area contributed by atoms with Crippen LogP contribution in [0.15, 0.2) is 18.2 Å². The number of carbonyl (C=O) groups is 1. The first-order chi connectivity index (χ1) is 9.74. The van der Waals surface area contributed by atoms with E-state index in [-0.39, 0.29) is 11.8 Å². The zero-order valence-corrected chi connectivity index (χ0v) is 11.6. The summed E-state index contributed by atoms with van der Waals surface area (Å²) in [6.07, 6.45) is 2.06. The molecular weight excluding hydrogens is 254 g/mol. The fraction of sp³-hybridized carbons (Fsp3) is 0.467. The first-order valence-electron chi connectivity index (χ1n) is 6.80. The molecule has 1 aliphatic carbocycles. The smallest absolute Gasteiger partial charge is 0.223 e. The number of hydrogen-bond donors (Lipinski definition) is 2. The molecule has 1 saturated carbocycles. The summed E-state index contributed by atoms with van der Waals surface area (Å²) in [5.41, 5.74) is 1.56. The van der Waals surface area contributed by atoms with Crippen LogP contribution in [0, 0.1) is 17.2 Å². The van der Waals surface area contributed by atoms with E-state index in [0.29, 0.717) is 30.9 Å². The molecule has 1 aromatic rings. The Morgan fingerprint density at radius 3 is 2.90 bits per heavy atom. The Morgan fingerprint density at radius 1 is 1.45 bits per heavy atom. The molecule has 0 atom stereocenters. The first-order valence-corrected chi connectivity index (χ1v) is 6.80. The van der Waals surface area contributed by atoms with Crippen LogP contribution in [0.4, 0.5) is 0 Å². The van der Waals surface area contributed by atoms with Gasteiger partial charge in [0.25, 0.3) is 0 Å². The van der Waals surface area contributed by atoms with Crippen LogP contribution in [0.25, 0.3) is 0 Å². The molecule has 2 N–H and O–H groups in total. The lowest BCUT2D eigenvalue weighted by Crippen LogP contribution is -2.32. The van der Waals surface area contributed by atoms with E-state index < -0.39 is 0 Å². The molecule has 0 spiro atoms. The molecule has 0 aromatic heterocycles. The van der Waals surface area contributed by atoms with Gasteiger partial charge in [-0.25, -0.2) is 0 Å². The van der Waals surface area contributed by atoms with Crippen molar-refractivity contribution in [2.24, 2.45) is 5.92 Å². The van der Waals surface area contributed by atoms with Crippen molar-refractivity contribution < 1.29 is 9.53 Å². The van der Waals surface area contributed by atoms with Gasteiger partial charge in [-0.05, 0) is 30.5 Å². The molecule has 0 bridgehead atoms. The average molecular weight is 273 g/mol. The number of benzene rings is 1. The predicted octanol–water partition coefficient (Wildman–Crippen LogP) is 1.18. The SMILES string of the molecule is COc1ccc(CNCCNC(=O)C2CC2)cc1C#N. The van der Waals surface area contributed by atoms with Crippen molar-refractivity contribution in [1.82, 2.24) is 10.6 Å². The Kier molecular flexibility index (Phi) is 4.97. The molecule has 0 saturated heterocycles. The van der Waals surface area contributed by atoms with Gasteiger partial charge < -0.3 is 15.4 Å². The minimum atomic E-state index is 0.169. The Balaban J connectivity index is 1.71. The maximum absolute atomic E-state index is 11.4. The molecule has 1 amide bonds. The van der Waals surface area contributed by atoms with E-state index in [0.717, 1.165) is 18.4 Å². The Labute approximate surface area is 118 Å². The first kappa shape index (κ1) is 14.4. The number of rotatable bonds is 7. The minimum Gasteiger partial charge on any atom is -0.495 e. The van der Waals surface area contributed by atoms with E-state index in [1.165, 1.54) is 0 Å². The molecule has 5 heteroatoms. The number of nitrogens with zero attached hydrogens (tertiary/aromatic N) is 1. The average Bonchev–Trinajstić information content (AvgIpc) is 3.31. The highest BCUT2D eigenvalue weighted by molar-refractivity contribution is 5.80. The number of nitriles is 1. The highest BCUT2D eigenvalue weighted by atomic mass is 16.5. The molecule has 0 radical (unpaired) electrons. The summed E-state index contributed by atoms with van der Waals surface area (Å²) in [6, 6.07) is 7.65. The van der Waals surface area contributed by atoms with Gasteiger partial charge in [-0.2, -0.15) is 5.26 Å². The zero-order chi connectivity index (χ0) is 14.4. The van der Waals surface area contributed by atoms with Crippen molar-refractivity contribution in [3.05, 3.63) is 29.3 Å². The Bertz CT molecular complexity index is 518. The van der Waals surface area contributed by atoms with Crippen molar-refractivity contribution in [3.8, 4) is 11.8 Å². The lowest BCUT2D eigenvalue weighted by atomic mass is 10.1. The monoisotopic (exact) mass is 273 g/mol. The van der Waals surface area contributed by atoms with Crippen molar-refractivity contribution in [1.29, 1.82) is 5.26 Å². The van der Waals surface area contributed by atoms with Gasteiger partial charge in [0.2, 0.25) is 5.91 Å². The van der Waals surface area contributed by atoms with Crippen LogP contribution in [0.3, 0.4) is 0 Å². The standard InChI is InChI=1S/C15H19N3O2/c1-20-14-5-2-11(8-13(14)9-16)10-17-6-7-18-15(19)12-3-4-12/h2,5,8,12,17H,3-4,6-7,10H2,1H3,(H,18,19). The van der Waals surface area contributed by atoms with Gasteiger partial charge in [-0.3, -0.25) is 4.79 Å². The number of nitrogens with one attached hydrogen (secondary N) is 2. The maximum atomic E-state index is 11.4. The zero-order valence-electron chi connectivity index (χ0n) is 11.6. The second-order valence-electron chi connectivity index (χ2n) is 4.89. The second kappa shape index (κ2) is 6.92. The van der Waals surface area contributed by atoms with Crippen molar-refractivity contribution in [3.63, 3.8) is 0 Å². The van der Waals surface area contributed by atoms with Crippen LogP contribution in [0.5, 0.6) is 5.75 Å². The van der Waals surface area contributed by atoms with Crippen molar-refractivity contribution in [2.75, 3.05) is 20.2 Å². The third kappa shape index (κ3) is 3.97. The minimum absolute atomic E-state index is 0.169. The molecule has 106 valence electrons. The van der Waals surface area contributed by atoms with Gasteiger partial charge in [0.05, 0.1) is 12.7 Å². The fourth-order valence-electron chi connectivity index (χ4n) is 1.95. The van der Waals surface area contributed by atoms with Gasteiger partial charge in [0.15, 0.2) is 0 Å². The lowest BCUT2D eigenvalue weighted by Gasteiger charge is -2.08. The third-order valence-electron chi connectivity index (χ3n) is 3.26. The topological polar surface area (TPSA) is 74.2 Å². The number of ether oxygens (including phenoxy) is 1. The van der Waals surface area contributed by atoms with Gasteiger partial charge in [0.1, 0.15) is 11.8 Å². The van der Waals surface area contributed by atoms with E-state index >= 15 is 0 Å². The highest BCUT2D eigenvalue weighted by Gasteiger charge is 2.28. The van der Waals surface area contributed by atoms with Crippen LogP contribution in [0.1, 0.15) is 24.0 Å². The molecule has 1 aromatic carbocycles. The van der Waals surface area contributed by atoms with Gasteiger partial charge in [-0.15, -0.1) is 0 Å². The molecule has 1 aliphatic rings. The predicted molar refractivity (Wildman–Crippen MR) is 75.1 cm³/mol. The summed E-state index contributed by atoms with van der Waals surface area (Å²) < 4.78 is 5.10. The van der Waals surface area contributed by atoms with Gasteiger partial charge >= 0.3 is 0 Å². The number of carbonyl (C=O) groups excluding carboxylic acids is 1. The van der Waals surface area contributed by atoms with Crippen molar-refractivity contribution in [2.45, 2.75) is 19.4 Å². The molecule has 0 heterocycles. The van der Waals surface area contributed by atoms with Gasteiger partial charge in [-0.1, -0.05) is 6.07 Å². The highest BCUT2D eigenvalue weighted by Crippen LogP contribution is 2.28. The molecule has 1 fully saturated rings. The van der Waals surface area contributed by atoms with E-state index in [1.807, 2.05) is 12.1 Å². The van der Waals surface area contributed by atoms with E-state index in [2.05, 4.69) is 16.7 Å². The molecule has 0 aliphatic heterocycles. The summed E-state index contributed by atoms with van der Waals surface area (Å²) in [5.74, 6) is 1.02. The lowest BCUT2D eigenvalue weighted by molar-refractivity contribution is -0.122. The van der Waals surface area contributed by atoms with E-state index in [4.69, 9.17) is 10.00 Å². The van der Waals surface area contributed by atoms with Crippen LogP contribution >= 0.6 is 0 Å². The summed E-state index contributed by atoms with van der Waals surface area (Å²) in [7, 11) is 1.55. The number of methoxy groups -OCH3 is 1. The quantitative estimate of drug-likeness (QED) is 0.732. The summed E-state index contributed by atoms with van der Waals surface area (Å²) in [6.45, 7) is 2.01. The van der Waals surface area contributed by atoms with Gasteiger partial charge in [0, 0.05) is 25.6 Å². The molecular formula is C15H19N3O2. The fourth-order valence-corrected chi connectivity index (χ4v) is 1.95. The molecule has 2 rings (SSSR count). The number of hydrogen-bond acceptors (Lipinski definition) is 4. The summed E-state index contributed by atoms with van der Waals surface area (Å²) >= 11 is 0. The Hall–Kier alpha value is -2.06. The van der Waals surface area contributed by atoms with Crippen LogP contribution < -0.4 is 15.4 Å². The van der Waals surface area contributed by atoms with Crippen LogP contribution in [-0.2, 0) is 11.3 Å². The van der Waals surface area contributed by atoms with Crippen molar-refractivity contribution >= 4 is 5.91 Å².